The van der Waals surface area contributed by atoms with Gasteiger partial charge in [-0.2, -0.15) is 0 Å². The summed E-state index contributed by atoms with van der Waals surface area (Å²) in [5.74, 6) is -0.182. The molecule has 0 unspecified atom stereocenters. The van der Waals surface area contributed by atoms with Crippen molar-refractivity contribution in [1.29, 1.82) is 0 Å². The number of rotatable bonds is 4. The van der Waals surface area contributed by atoms with Gasteiger partial charge in [-0.3, -0.25) is 0 Å². The van der Waals surface area contributed by atoms with Crippen LogP contribution in [-0.2, 0) is 0 Å². The van der Waals surface area contributed by atoms with E-state index in [0.717, 1.165) is 26.4 Å². The predicted molar refractivity (Wildman–Crippen MR) is 82.4 cm³/mol. The number of aromatic nitrogens is 1. The molecule has 0 radical (unpaired) electrons. The van der Waals surface area contributed by atoms with E-state index in [1.54, 1.807) is 7.11 Å². The third-order valence-electron chi connectivity index (χ3n) is 3.15. The third kappa shape index (κ3) is 2.60. The monoisotopic (exact) mass is 299 g/mol. The number of carbonyl (C=O) groups is 1. The normalized spacial score (nSPS) is 10.7. The molecule has 0 bridgehead atoms. The van der Waals surface area contributed by atoms with Gasteiger partial charge in [0.15, 0.2) is 0 Å². The zero-order chi connectivity index (χ0) is 14.8. The number of para-hydroxylation sites is 1. The molecule has 0 aliphatic rings. The smallest absolute Gasteiger partial charge is 0.353 e. The van der Waals surface area contributed by atoms with Crippen LogP contribution in [0.4, 0.5) is 0 Å². The molecule has 0 aliphatic carbocycles. The van der Waals surface area contributed by atoms with E-state index in [9.17, 15) is 9.90 Å². The number of nitrogens with one attached hydrogen (secondary N) is 1. The van der Waals surface area contributed by atoms with E-state index in [1.807, 2.05) is 48.5 Å². The average molecular weight is 299 g/mol. The highest BCUT2D eigenvalue weighted by Gasteiger charge is 2.17. The number of benzene rings is 2. The summed E-state index contributed by atoms with van der Waals surface area (Å²) in [6, 6.07) is 15.1. The van der Waals surface area contributed by atoms with Crippen molar-refractivity contribution in [1.82, 2.24) is 4.98 Å². The summed E-state index contributed by atoms with van der Waals surface area (Å²) in [6.45, 7) is 0. The number of methoxy groups -OCH3 is 1. The summed E-state index contributed by atoms with van der Waals surface area (Å²) in [5.41, 5.74) is 1.04. The number of carboxylic acids is 1. The largest absolute Gasteiger partial charge is 0.497 e. The molecule has 0 spiro atoms. The van der Waals surface area contributed by atoms with Gasteiger partial charge >= 0.3 is 5.97 Å². The Morgan fingerprint density at radius 3 is 2.52 bits per heavy atom. The summed E-state index contributed by atoms with van der Waals surface area (Å²) in [6.07, 6.45) is 0. The lowest BCUT2D eigenvalue weighted by molar-refractivity contribution is 0.0688. The van der Waals surface area contributed by atoms with Gasteiger partial charge in [0.1, 0.15) is 11.4 Å². The van der Waals surface area contributed by atoms with E-state index in [-0.39, 0.29) is 5.69 Å². The van der Waals surface area contributed by atoms with Crippen LogP contribution in [0, 0.1) is 0 Å². The summed E-state index contributed by atoms with van der Waals surface area (Å²) in [4.78, 5) is 16.1. The Kier molecular flexibility index (Phi) is 3.58. The second kappa shape index (κ2) is 5.54. The van der Waals surface area contributed by atoms with Crippen LogP contribution in [0.5, 0.6) is 5.75 Å². The fourth-order valence-electron chi connectivity index (χ4n) is 2.13. The quantitative estimate of drug-likeness (QED) is 0.763. The zero-order valence-electron chi connectivity index (χ0n) is 11.3. The molecule has 1 heterocycles. The number of H-pyrrole nitrogens is 1. The number of fused-ring (bicyclic) bond motifs is 1. The molecule has 0 saturated carbocycles. The predicted octanol–water partition coefficient (Wildman–Crippen LogP) is 4.03. The fraction of sp³-hybridized carbons (Fsp3) is 0.0625. The van der Waals surface area contributed by atoms with Crippen LogP contribution in [0.25, 0.3) is 10.9 Å². The Hall–Kier alpha value is -2.40. The number of carboxylic acid groups (broad SMARTS) is 1. The standard InChI is InChI=1S/C16H13NO3S/c1-20-10-6-8-11(9-7-10)21-15-12-4-2-3-5-13(12)17-14(15)16(18)19/h2-9,17H,1H3,(H,18,19). The number of aromatic amines is 1. The van der Waals surface area contributed by atoms with Gasteiger partial charge in [-0.15, -0.1) is 0 Å². The van der Waals surface area contributed by atoms with Gasteiger partial charge in [-0.1, -0.05) is 30.0 Å². The van der Waals surface area contributed by atoms with Crippen LogP contribution < -0.4 is 4.74 Å². The van der Waals surface area contributed by atoms with Crippen LogP contribution in [0.3, 0.4) is 0 Å². The van der Waals surface area contributed by atoms with E-state index < -0.39 is 5.97 Å². The highest BCUT2D eigenvalue weighted by Crippen LogP contribution is 2.37. The van der Waals surface area contributed by atoms with Crippen molar-refractivity contribution < 1.29 is 14.6 Å². The van der Waals surface area contributed by atoms with Gasteiger partial charge in [0.2, 0.25) is 0 Å². The Balaban J connectivity index is 2.05. The highest BCUT2D eigenvalue weighted by atomic mass is 32.2. The first kappa shape index (κ1) is 13.6. The first-order chi connectivity index (χ1) is 10.2. The molecule has 3 rings (SSSR count). The van der Waals surface area contributed by atoms with Gasteiger partial charge in [0.05, 0.1) is 12.0 Å². The molecule has 0 atom stereocenters. The number of hydrogen-bond donors (Lipinski definition) is 2. The molecular weight excluding hydrogens is 286 g/mol. The van der Waals surface area contributed by atoms with Crippen molar-refractivity contribution in [2.45, 2.75) is 9.79 Å². The molecule has 21 heavy (non-hydrogen) atoms. The number of ether oxygens (including phenoxy) is 1. The minimum atomic E-state index is -0.956. The molecule has 0 saturated heterocycles. The molecule has 2 aromatic carbocycles. The van der Waals surface area contributed by atoms with Gasteiger partial charge in [-0.05, 0) is 30.3 Å². The van der Waals surface area contributed by atoms with Crippen LogP contribution >= 0.6 is 11.8 Å². The van der Waals surface area contributed by atoms with E-state index in [2.05, 4.69) is 4.98 Å². The van der Waals surface area contributed by atoms with Crippen molar-refractivity contribution in [3.05, 3.63) is 54.2 Å². The van der Waals surface area contributed by atoms with Gasteiger partial charge in [0, 0.05) is 15.8 Å². The van der Waals surface area contributed by atoms with Crippen molar-refractivity contribution in [2.75, 3.05) is 7.11 Å². The summed E-state index contributed by atoms with van der Waals surface area (Å²) >= 11 is 1.43. The lowest BCUT2D eigenvalue weighted by atomic mass is 10.2. The molecular formula is C16H13NO3S. The van der Waals surface area contributed by atoms with E-state index in [0.29, 0.717) is 0 Å². The maximum Gasteiger partial charge on any atom is 0.353 e. The topological polar surface area (TPSA) is 62.3 Å². The van der Waals surface area contributed by atoms with Crippen molar-refractivity contribution >= 4 is 28.6 Å². The minimum Gasteiger partial charge on any atom is -0.497 e. The van der Waals surface area contributed by atoms with Crippen LogP contribution in [0.15, 0.2) is 58.3 Å². The molecule has 1 aromatic heterocycles. The molecule has 2 N–H and O–H groups in total. The third-order valence-corrected chi connectivity index (χ3v) is 4.29. The second-order valence-corrected chi connectivity index (χ2v) is 5.54. The maximum absolute atomic E-state index is 11.4. The lowest BCUT2D eigenvalue weighted by Gasteiger charge is -2.04. The van der Waals surface area contributed by atoms with Crippen molar-refractivity contribution in [3.8, 4) is 5.75 Å². The Morgan fingerprint density at radius 1 is 1.14 bits per heavy atom. The lowest BCUT2D eigenvalue weighted by Crippen LogP contribution is -1.97. The molecule has 4 nitrogen and oxygen atoms in total. The van der Waals surface area contributed by atoms with Gasteiger partial charge < -0.3 is 14.8 Å². The number of aromatic carboxylic acids is 1. The van der Waals surface area contributed by atoms with Gasteiger partial charge in [0.25, 0.3) is 0 Å². The van der Waals surface area contributed by atoms with Crippen molar-refractivity contribution in [3.63, 3.8) is 0 Å². The maximum atomic E-state index is 11.4. The van der Waals surface area contributed by atoms with Crippen LogP contribution in [0.1, 0.15) is 10.5 Å². The van der Waals surface area contributed by atoms with E-state index in [4.69, 9.17) is 4.74 Å². The first-order valence-corrected chi connectivity index (χ1v) is 7.16. The molecule has 0 fully saturated rings. The molecule has 3 aromatic rings. The molecule has 0 amide bonds. The van der Waals surface area contributed by atoms with E-state index in [1.165, 1.54) is 11.8 Å². The first-order valence-electron chi connectivity index (χ1n) is 6.35. The summed E-state index contributed by atoms with van der Waals surface area (Å²) < 4.78 is 5.13. The minimum absolute atomic E-state index is 0.219. The van der Waals surface area contributed by atoms with Crippen LogP contribution in [-0.4, -0.2) is 23.2 Å². The highest BCUT2D eigenvalue weighted by molar-refractivity contribution is 7.99. The summed E-state index contributed by atoms with van der Waals surface area (Å²) in [7, 11) is 1.62. The SMILES string of the molecule is COc1ccc(Sc2c(C(=O)O)[nH]c3ccccc23)cc1. The second-order valence-electron chi connectivity index (χ2n) is 4.46. The molecule has 5 heteroatoms. The Bertz CT molecular complexity index is 793. The zero-order valence-corrected chi connectivity index (χ0v) is 12.1. The summed E-state index contributed by atoms with van der Waals surface area (Å²) in [5, 5.41) is 10.3. The van der Waals surface area contributed by atoms with Gasteiger partial charge in [-0.25, -0.2) is 4.79 Å². The number of hydrogen-bond acceptors (Lipinski definition) is 3. The molecule has 106 valence electrons. The van der Waals surface area contributed by atoms with E-state index >= 15 is 0 Å². The molecule has 0 aliphatic heterocycles. The Morgan fingerprint density at radius 2 is 1.86 bits per heavy atom. The fourth-order valence-corrected chi connectivity index (χ4v) is 3.17. The average Bonchev–Trinajstić information content (AvgIpc) is 2.87. The Labute approximate surface area is 125 Å². The van der Waals surface area contributed by atoms with Crippen LogP contribution in [0.2, 0.25) is 0 Å². The van der Waals surface area contributed by atoms with Crippen molar-refractivity contribution in [2.24, 2.45) is 0 Å².